The Balaban J connectivity index is 0.000000232. The lowest BCUT2D eigenvalue weighted by molar-refractivity contribution is 0.961. The van der Waals surface area contributed by atoms with Gasteiger partial charge in [0.15, 0.2) is 0 Å². The number of fused-ring (bicyclic) bond motifs is 3. The van der Waals surface area contributed by atoms with Crippen LogP contribution >= 0.6 is 0 Å². The zero-order valence-corrected chi connectivity index (χ0v) is 11.9. The minimum atomic E-state index is 1.10. The molecule has 1 aliphatic rings. The summed E-state index contributed by atoms with van der Waals surface area (Å²) in [6, 6.07) is 15.3. The third-order valence-corrected chi connectivity index (χ3v) is 3.52. The van der Waals surface area contributed by atoms with Gasteiger partial charge in [0.2, 0.25) is 0 Å². The molecule has 0 heteroatoms. The third kappa shape index (κ3) is 2.96. The number of unbranched alkanes of at least 4 members (excludes halogenated alkanes) is 1. The van der Waals surface area contributed by atoms with Gasteiger partial charge in [-0.25, -0.2) is 0 Å². The molecule has 1 aliphatic carbocycles. The summed E-state index contributed by atoms with van der Waals surface area (Å²) in [6.45, 7) is 7.89. The lowest BCUT2D eigenvalue weighted by Gasteiger charge is -2.03. The quantitative estimate of drug-likeness (QED) is 0.524. The van der Waals surface area contributed by atoms with Gasteiger partial charge in [-0.2, -0.15) is 0 Å². The predicted molar refractivity (Wildman–Crippen MR) is 84.5 cm³/mol. The van der Waals surface area contributed by atoms with E-state index in [4.69, 9.17) is 0 Å². The van der Waals surface area contributed by atoms with E-state index in [1.165, 1.54) is 34.2 Å². The second kappa shape index (κ2) is 6.38. The fourth-order valence-corrected chi connectivity index (χ4v) is 2.59. The Kier molecular flexibility index (Phi) is 4.57. The maximum absolute atomic E-state index is 3.55. The summed E-state index contributed by atoms with van der Waals surface area (Å²) in [7, 11) is 0. The lowest BCUT2D eigenvalue weighted by Crippen LogP contribution is -1.82. The normalized spacial score (nSPS) is 11.1. The highest BCUT2D eigenvalue weighted by molar-refractivity contribution is 5.79. The van der Waals surface area contributed by atoms with Gasteiger partial charge in [0.05, 0.1) is 0 Å². The SMILES string of the molecule is C=CCCC.Cc1cccc2c1-c1ccccc1C2. The molecule has 2 aromatic carbocycles. The molecule has 0 saturated carbocycles. The van der Waals surface area contributed by atoms with Gasteiger partial charge in [-0.1, -0.05) is 61.9 Å². The van der Waals surface area contributed by atoms with Crippen molar-refractivity contribution in [2.45, 2.75) is 33.1 Å². The van der Waals surface area contributed by atoms with Crippen molar-refractivity contribution in [1.29, 1.82) is 0 Å². The van der Waals surface area contributed by atoms with Crippen molar-refractivity contribution in [3.8, 4) is 11.1 Å². The molecule has 0 saturated heterocycles. The molecular formula is C19H22. The summed E-state index contributed by atoms with van der Waals surface area (Å²) in [5.74, 6) is 0. The number of aryl methyl sites for hydroxylation is 1. The molecule has 0 aromatic heterocycles. The van der Waals surface area contributed by atoms with E-state index >= 15 is 0 Å². The van der Waals surface area contributed by atoms with Crippen LogP contribution in [0.25, 0.3) is 11.1 Å². The maximum atomic E-state index is 3.55. The Morgan fingerprint density at radius 2 is 1.79 bits per heavy atom. The number of hydrogen-bond donors (Lipinski definition) is 0. The van der Waals surface area contributed by atoms with Crippen LogP contribution in [0.4, 0.5) is 0 Å². The second-order valence-corrected chi connectivity index (χ2v) is 5.02. The van der Waals surface area contributed by atoms with Crippen molar-refractivity contribution in [2.24, 2.45) is 0 Å². The molecule has 98 valence electrons. The standard InChI is InChI=1S/C14H12.C5H10/c1-10-5-4-7-12-9-11-6-2-3-8-13(11)14(10)12;1-3-5-4-2/h2-8H,9H2,1H3;3H,1,4-5H2,2H3. The fraction of sp³-hybridized carbons (Fsp3) is 0.263. The lowest BCUT2D eigenvalue weighted by atomic mass is 10.0. The molecule has 0 spiro atoms. The highest BCUT2D eigenvalue weighted by atomic mass is 14.2. The van der Waals surface area contributed by atoms with Crippen LogP contribution in [0, 0.1) is 6.92 Å². The van der Waals surface area contributed by atoms with E-state index in [1.54, 1.807) is 0 Å². The number of benzene rings is 2. The average Bonchev–Trinajstić information content (AvgIpc) is 2.80. The van der Waals surface area contributed by atoms with Crippen LogP contribution in [0.3, 0.4) is 0 Å². The largest absolute Gasteiger partial charge is 0.103 e. The van der Waals surface area contributed by atoms with Crippen molar-refractivity contribution in [1.82, 2.24) is 0 Å². The Labute approximate surface area is 116 Å². The average molecular weight is 250 g/mol. The first-order valence-corrected chi connectivity index (χ1v) is 7.05. The Morgan fingerprint density at radius 3 is 2.47 bits per heavy atom. The van der Waals surface area contributed by atoms with E-state index < -0.39 is 0 Å². The van der Waals surface area contributed by atoms with Gasteiger partial charge >= 0.3 is 0 Å². The first kappa shape index (κ1) is 13.6. The Morgan fingerprint density at radius 1 is 1.05 bits per heavy atom. The summed E-state index contributed by atoms with van der Waals surface area (Å²) in [4.78, 5) is 0. The van der Waals surface area contributed by atoms with Crippen molar-refractivity contribution < 1.29 is 0 Å². The molecule has 2 aromatic rings. The minimum absolute atomic E-state index is 1.10. The molecule has 0 N–H and O–H groups in total. The molecular weight excluding hydrogens is 228 g/mol. The second-order valence-electron chi connectivity index (χ2n) is 5.02. The van der Waals surface area contributed by atoms with Gasteiger partial charge in [-0.05, 0) is 47.6 Å². The fourth-order valence-electron chi connectivity index (χ4n) is 2.59. The Bertz CT molecular complexity index is 564. The molecule has 0 amide bonds. The summed E-state index contributed by atoms with van der Waals surface area (Å²) in [5.41, 5.74) is 7.24. The molecule has 0 fully saturated rings. The van der Waals surface area contributed by atoms with Crippen molar-refractivity contribution in [3.05, 3.63) is 71.8 Å². The van der Waals surface area contributed by atoms with Crippen LogP contribution in [0.1, 0.15) is 36.5 Å². The van der Waals surface area contributed by atoms with Gasteiger partial charge in [0.1, 0.15) is 0 Å². The van der Waals surface area contributed by atoms with Crippen LogP contribution in [0.15, 0.2) is 55.1 Å². The van der Waals surface area contributed by atoms with Crippen molar-refractivity contribution >= 4 is 0 Å². The summed E-state index contributed by atoms with van der Waals surface area (Å²) >= 11 is 0. The minimum Gasteiger partial charge on any atom is -0.103 e. The van der Waals surface area contributed by atoms with Crippen LogP contribution in [-0.2, 0) is 6.42 Å². The summed E-state index contributed by atoms with van der Waals surface area (Å²) in [5, 5.41) is 0. The summed E-state index contributed by atoms with van der Waals surface area (Å²) in [6.07, 6.45) is 5.41. The molecule has 0 unspecified atom stereocenters. The topological polar surface area (TPSA) is 0 Å². The van der Waals surface area contributed by atoms with E-state index in [1.807, 2.05) is 6.08 Å². The maximum Gasteiger partial charge on any atom is -0.00134 e. The van der Waals surface area contributed by atoms with E-state index in [2.05, 4.69) is 62.9 Å². The van der Waals surface area contributed by atoms with E-state index in [9.17, 15) is 0 Å². The molecule has 0 aliphatic heterocycles. The molecule has 0 nitrogen and oxygen atoms in total. The van der Waals surface area contributed by atoms with Crippen molar-refractivity contribution in [3.63, 3.8) is 0 Å². The first-order valence-electron chi connectivity index (χ1n) is 7.05. The monoisotopic (exact) mass is 250 g/mol. The highest BCUT2D eigenvalue weighted by Crippen LogP contribution is 2.38. The molecule has 0 radical (unpaired) electrons. The van der Waals surface area contributed by atoms with Crippen LogP contribution in [-0.4, -0.2) is 0 Å². The molecule has 0 bridgehead atoms. The smallest absolute Gasteiger partial charge is 0.00134 e. The summed E-state index contributed by atoms with van der Waals surface area (Å²) < 4.78 is 0. The van der Waals surface area contributed by atoms with Gasteiger partial charge in [-0.15, -0.1) is 6.58 Å². The molecule has 19 heavy (non-hydrogen) atoms. The number of allylic oxidation sites excluding steroid dienone is 1. The van der Waals surface area contributed by atoms with Gasteiger partial charge in [-0.3, -0.25) is 0 Å². The zero-order chi connectivity index (χ0) is 13.7. The van der Waals surface area contributed by atoms with Crippen molar-refractivity contribution in [2.75, 3.05) is 0 Å². The number of rotatable bonds is 2. The van der Waals surface area contributed by atoms with E-state index in [-0.39, 0.29) is 0 Å². The third-order valence-electron chi connectivity index (χ3n) is 3.52. The van der Waals surface area contributed by atoms with Crippen LogP contribution < -0.4 is 0 Å². The number of hydrogen-bond acceptors (Lipinski definition) is 0. The van der Waals surface area contributed by atoms with Gasteiger partial charge in [0.25, 0.3) is 0 Å². The van der Waals surface area contributed by atoms with E-state index in [0.29, 0.717) is 0 Å². The van der Waals surface area contributed by atoms with Gasteiger partial charge < -0.3 is 0 Å². The molecule has 0 heterocycles. The predicted octanol–water partition coefficient (Wildman–Crippen LogP) is 5.54. The molecule has 0 atom stereocenters. The highest BCUT2D eigenvalue weighted by Gasteiger charge is 2.18. The zero-order valence-electron chi connectivity index (χ0n) is 11.9. The van der Waals surface area contributed by atoms with Gasteiger partial charge in [0, 0.05) is 0 Å². The van der Waals surface area contributed by atoms with Crippen LogP contribution in [0.2, 0.25) is 0 Å². The van der Waals surface area contributed by atoms with Crippen LogP contribution in [0.5, 0.6) is 0 Å². The Hall–Kier alpha value is -1.82. The van der Waals surface area contributed by atoms with E-state index in [0.717, 1.165) is 12.8 Å². The first-order chi connectivity index (χ1) is 9.27. The molecule has 3 rings (SSSR count).